The molecule has 0 radical (unpaired) electrons. The first-order valence-electron chi connectivity index (χ1n) is 7.20. The fraction of sp³-hybridized carbons (Fsp3) is 0.263. The molecule has 0 aliphatic carbocycles. The van der Waals surface area contributed by atoms with Gasteiger partial charge in [-0.15, -0.1) is 0 Å². The Labute approximate surface area is 126 Å². The van der Waals surface area contributed by atoms with Gasteiger partial charge in [-0.05, 0) is 55.2 Å². The number of hydrogen-bond donors (Lipinski definition) is 1. The van der Waals surface area contributed by atoms with Crippen molar-refractivity contribution < 1.29 is 9.84 Å². The molecule has 0 saturated heterocycles. The monoisotopic (exact) mass is 282 g/mol. The van der Waals surface area contributed by atoms with Crippen LogP contribution in [0, 0.1) is 13.8 Å². The van der Waals surface area contributed by atoms with Gasteiger partial charge < -0.3 is 9.84 Å². The summed E-state index contributed by atoms with van der Waals surface area (Å²) in [6.45, 7) is 6.45. The van der Waals surface area contributed by atoms with E-state index in [0.717, 1.165) is 16.9 Å². The SMILES string of the molecule is Cc1ccccc1COc1ccc(C=CC(C)O)cc1C. The summed E-state index contributed by atoms with van der Waals surface area (Å²) >= 11 is 0. The molecule has 2 rings (SSSR count). The Morgan fingerprint density at radius 1 is 1.10 bits per heavy atom. The van der Waals surface area contributed by atoms with Crippen molar-refractivity contribution in [2.45, 2.75) is 33.5 Å². The largest absolute Gasteiger partial charge is 0.489 e. The highest BCUT2D eigenvalue weighted by atomic mass is 16.5. The van der Waals surface area contributed by atoms with Crippen LogP contribution < -0.4 is 4.74 Å². The highest BCUT2D eigenvalue weighted by Gasteiger charge is 2.02. The molecule has 1 N–H and O–H groups in total. The van der Waals surface area contributed by atoms with Crippen molar-refractivity contribution >= 4 is 6.08 Å². The van der Waals surface area contributed by atoms with Gasteiger partial charge in [0.2, 0.25) is 0 Å². The molecule has 0 bridgehead atoms. The Hall–Kier alpha value is -2.06. The van der Waals surface area contributed by atoms with Crippen molar-refractivity contribution in [1.29, 1.82) is 0 Å². The molecule has 1 unspecified atom stereocenters. The molecule has 110 valence electrons. The van der Waals surface area contributed by atoms with E-state index in [4.69, 9.17) is 4.74 Å². The van der Waals surface area contributed by atoms with Crippen LogP contribution in [0.2, 0.25) is 0 Å². The topological polar surface area (TPSA) is 29.5 Å². The third kappa shape index (κ3) is 4.47. The van der Waals surface area contributed by atoms with Gasteiger partial charge in [0.25, 0.3) is 0 Å². The minimum atomic E-state index is -0.428. The van der Waals surface area contributed by atoms with Crippen LogP contribution in [0.4, 0.5) is 0 Å². The third-order valence-corrected chi connectivity index (χ3v) is 3.41. The molecule has 0 aliphatic heterocycles. The van der Waals surface area contributed by atoms with Crippen molar-refractivity contribution in [3.8, 4) is 5.75 Å². The lowest BCUT2D eigenvalue weighted by Crippen LogP contribution is -1.99. The molecule has 0 saturated carbocycles. The first-order valence-corrected chi connectivity index (χ1v) is 7.20. The number of hydrogen-bond acceptors (Lipinski definition) is 2. The third-order valence-electron chi connectivity index (χ3n) is 3.41. The van der Waals surface area contributed by atoms with Crippen molar-refractivity contribution in [3.63, 3.8) is 0 Å². The fourth-order valence-corrected chi connectivity index (χ4v) is 2.12. The van der Waals surface area contributed by atoms with Gasteiger partial charge in [-0.1, -0.05) is 42.5 Å². The molecule has 0 aliphatic rings. The van der Waals surface area contributed by atoms with Gasteiger partial charge >= 0.3 is 0 Å². The van der Waals surface area contributed by atoms with E-state index in [1.54, 1.807) is 13.0 Å². The van der Waals surface area contributed by atoms with Gasteiger partial charge in [-0.3, -0.25) is 0 Å². The van der Waals surface area contributed by atoms with Crippen molar-refractivity contribution in [2.24, 2.45) is 0 Å². The fourth-order valence-electron chi connectivity index (χ4n) is 2.12. The Morgan fingerprint density at radius 2 is 1.86 bits per heavy atom. The van der Waals surface area contributed by atoms with Gasteiger partial charge in [-0.25, -0.2) is 0 Å². The van der Waals surface area contributed by atoms with Gasteiger partial charge in [0.05, 0.1) is 6.10 Å². The van der Waals surface area contributed by atoms with Gasteiger partial charge in [0.1, 0.15) is 12.4 Å². The Bertz CT molecular complexity index is 627. The van der Waals surface area contributed by atoms with Crippen LogP contribution in [-0.2, 0) is 6.61 Å². The predicted octanol–water partition coefficient (Wildman–Crippen LogP) is 4.28. The quantitative estimate of drug-likeness (QED) is 0.887. The van der Waals surface area contributed by atoms with Crippen molar-refractivity contribution in [2.75, 3.05) is 0 Å². The Balaban J connectivity index is 2.06. The molecule has 2 heteroatoms. The van der Waals surface area contributed by atoms with E-state index in [0.29, 0.717) is 6.61 Å². The zero-order chi connectivity index (χ0) is 15.2. The van der Waals surface area contributed by atoms with Gasteiger partial charge in [0.15, 0.2) is 0 Å². The van der Waals surface area contributed by atoms with Crippen LogP contribution in [0.25, 0.3) is 6.08 Å². The molecule has 21 heavy (non-hydrogen) atoms. The maximum Gasteiger partial charge on any atom is 0.122 e. The van der Waals surface area contributed by atoms with Crippen LogP contribution >= 0.6 is 0 Å². The summed E-state index contributed by atoms with van der Waals surface area (Å²) in [4.78, 5) is 0. The summed E-state index contributed by atoms with van der Waals surface area (Å²) in [5.41, 5.74) is 4.61. The second-order valence-corrected chi connectivity index (χ2v) is 5.34. The molecule has 0 heterocycles. The maximum atomic E-state index is 9.26. The second-order valence-electron chi connectivity index (χ2n) is 5.34. The molecular formula is C19H22O2. The van der Waals surface area contributed by atoms with E-state index in [-0.39, 0.29) is 0 Å². The van der Waals surface area contributed by atoms with E-state index in [9.17, 15) is 5.11 Å². The lowest BCUT2D eigenvalue weighted by atomic mass is 10.1. The predicted molar refractivity (Wildman–Crippen MR) is 87.4 cm³/mol. The normalized spacial score (nSPS) is 12.6. The minimum Gasteiger partial charge on any atom is -0.489 e. The Kier molecular flexibility index (Phi) is 5.18. The standard InChI is InChI=1S/C19H22O2/c1-14-6-4-5-7-18(14)13-21-19-11-10-17(12-15(19)2)9-8-16(3)20/h4-12,16,20H,13H2,1-3H3. The molecule has 2 nitrogen and oxygen atoms in total. The first-order chi connectivity index (χ1) is 10.1. The summed E-state index contributed by atoms with van der Waals surface area (Å²) in [7, 11) is 0. The molecule has 0 fully saturated rings. The van der Waals surface area contributed by atoms with Crippen LogP contribution in [0.5, 0.6) is 5.75 Å². The maximum absolute atomic E-state index is 9.26. The molecule has 1 atom stereocenters. The molecule has 2 aromatic rings. The lowest BCUT2D eigenvalue weighted by Gasteiger charge is -2.11. The highest BCUT2D eigenvalue weighted by Crippen LogP contribution is 2.21. The Morgan fingerprint density at radius 3 is 2.52 bits per heavy atom. The second kappa shape index (κ2) is 7.09. The van der Waals surface area contributed by atoms with Crippen LogP contribution in [0.15, 0.2) is 48.5 Å². The van der Waals surface area contributed by atoms with Crippen LogP contribution in [0.1, 0.15) is 29.2 Å². The minimum absolute atomic E-state index is 0.428. The molecule has 0 amide bonds. The zero-order valence-electron chi connectivity index (χ0n) is 12.8. The summed E-state index contributed by atoms with van der Waals surface area (Å²) < 4.78 is 5.91. The van der Waals surface area contributed by atoms with Crippen molar-refractivity contribution in [1.82, 2.24) is 0 Å². The van der Waals surface area contributed by atoms with E-state index in [1.165, 1.54) is 11.1 Å². The summed E-state index contributed by atoms with van der Waals surface area (Å²) in [5, 5.41) is 9.26. The van der Waals surface area contributed by atoms with E-state index < -0.39 is 6.10 Å². The summed E-state index contributed by atoms with van der Waals surface area (Å²) in [6.07, 6.45) is 3.26. The van der Waals surface area contributed by atoms with Crippen molar-refractivity contribution in [3.05, 3.63) is 70.8 Å². The zero-order valence-corrected chi connectivity index (χ0v) is 12.8. The average molecular weight is 282 g/mol. The van der Waals surface area contributed by atoms with E-state index in [1.807, 2.05) is 37.3 Å². The number of rotatable bonds is 5. The van der Waals surface area contributed by atoms with Gasteiger partial charge in [0, 0.05) is 0 Å². The number of aliphatic hydroxyl groups is 1. The smallest absolute Gasteiger partial charge is 0.122 e. The van der Waals surface area contributed by atoms with Crippen LogP contribution in [0.3, 0.4) is 0 Å². The lowest BCUT2D eigenvalue weighted by molar-refractivity contribution is 0.245. The number of ether oxygens (including phenoxy) is 1. The van der Waals surface area contributed by atoms with E-state index in [2.05, 4.69) is 25.1 Å². The molecule has 0 spiro atoms. The molecular weight excluding hydrogens is 260 g/mol. The van der Waals surface area contributed by atoms with E-state index >= 15 is 0 Å². The van der Waals surface area contributed by atoms with Gasteiger partial charge in [-0.2, -0.15) is 0 Å². The number of aryl methyl sites for hydroxylation is 2. The highest BCUT2D eigenvalue weighted by molar-refractivity contribution is 5.53. The first kappa shape index (κ1) is 15.3. The molecule has 2 aromatic carbocycles. The number of aliphatic hydroxyl groups excluding tert-OH is 1. The average Bonchev–Trinajstić information content (AvgIpc) is 2.45. The summed E-state index contributed by atoms with van der Waals surface area (Å²) in [6, 6.07) is 14.3. The van der Waals surface area contributed by atoms with Crippen LogP contribution in [-0.4, -0.2) is 11.2 Å². The summed E-state index contributed by atoms with van der Waals surface area (Å²) in [5.74, 6) is 0.896. The molecule has 0 aromatic heterocycles. The number of benzene rings is 2.